The van der Waals surface area contributed by atoms with Crippen molar-refractivity contribution in [3.8, 4) is 6.07 Å². The summed E-state index contributed by atoms with van der Waals surface area (Å²) in [6, 6.07) is 5.66. The second kappa shape index (κ2) is 8.15. The van der Waals surface area contributed by atoms with Gasteiger partial charge in [0.1, 0.15) is 11.9 Å². The van der Waals surface area contributed by atoms with E-state index < -0.39 is 0 Å². The van der Waals surface area contributed by atoms with Gasteiger partial charge >= 0.3 is 6.03 Å². The summed E-state index contributed by atoms with van der Waals surface area (Å²) in [5.41, 5.74) is 0.552. The quantitative estimate of drug-likeness (QED) is 0.893. The van der Waals surface area contributed by atoms with Crippen molar-refractivity contribution in [2.45, 2.75) is 19.8 Å². The van der Waals surface area contributed by atoms with Gasteiger partial charge in [-0.1, -0.05) is 6.92 Å². The number of hydrogen-bond donors (Lipinski definition) is 1. The second-order valence-electron chi connectivity index (χ2n) is 6.39. The fourth-order valence-electron chi connectivity index (χ4n) is 2.82. The number of aryl methyl sites for hydroxylation is 1. The first-order valence-electron chi connectivity index (χ1n) is 8.63. The highest BCUT2D eigenvalue weighted by Gasteiger charge is 2.22. The molecule has 2 aromatic heterocycles. The third-order valence-electron chi connectivity index (χ3n) is 4.39. The molecule has 1 N–H and O–H groups in total. The lowest BCUT2D eigenvalue weighted by Crippen LogP contribution is -2.52. The first-order chi connectivity index (χ1) is 12.6. The molecule has 1 aliphatic heterocycles. The minimum Gasteiger partial charge on any atom is -0.353 e. The molecule has 1 atom stereocenters. The summed E-state index contributed by atoms with van der Waals surface area (Å²) in [4.78, 5) is 26.2. The molecule has 8 heteroatoms. The van der Waals surface area contributed by atoms with Gasteiger partial charge in [0, 0.05) is 55.9 Å². The summed E-state index contributed by atoms with van der Waals surface area (Å²) in [6.45, 7) is 7.46. The third kappa shape index (κ3) is 4.29. The number of aromatic nitrogens is 2. The van der Waals surface area contributed by atoms with Crippen LogP contribution in [0.4, 0.5) is 10.6 Å². The molecule has 1 saturated heterocycles. The Bertz CT molecular complexity index is 789. The Hall–Kier alpha value is -2.66. The molecule has 3 heterocycles. The highest BCUT2D eigenvalue weighted by molar-refractivity contribution is 7.11. The molecular formula is C18H22N6OS. The molecule has 136 valence electrons. The predicted molar refractivity (Wildman–Crippen MR) is 101 cm³/mol. The Labute approximate surface area is 157 Å². The van der Waals surface area contributed by atoms with Crippen LogP contribution in [0, 0.1) is 18.3 Å². The van der Waals surface area contributed by atoms with Crippen LogP contribution in [0.3, 0.4) is 0 Å². The number of amides is 2. The van der Waals surface area contributed by atoms with E-state index in [1.807, 2.05) is 24.1 Å². The number of pyridine rings is 1. The van der Waals surface area contributed by atoms with Crippen LogP contribution < -0.4 is 10.2 Å². The van der Waals surface area contributed by atoms with Crippen molar-refractivity contribution >= 4 is 23.2 Å². The number of carbonyl (C=O) groups excluding carboxylic acids is 1. The van der Waals surface area contributed by atoms with E-state index in [4.69, 9.17) is 5.26 Å². The van der Waals surface area contributed by atoms with Crippen molar-refractivity contribution < 1.29 is 4.79 Å². The molecule has 1 fully saturated rings. The third-order valence-corrected chi connectivity index (χ3v) is 5.53. The lowest BCUT2D eigenvalue weighted by Gasteiger charge is -2.35. The number of nitrogens with one attached hydrogen (secondary N) is 1. The van der Waals surface area contributed by atoms with Gasteiger partial charge < -0.3 is 15.1 Å². The van der Waals surface area contributed by atoms with E-state index >= 15 is 0 Å². The lowest BCUT2D eigenvalue weighted by molar-refractivity contribution is 0.193. The van der Waals surface area contributed by atoms with Crippen LogP contribution in [-0.2, 0) is 0 Å². The zero-order valence-corrected chi connectivity index (χ0v) is 15.8. The zero-order valence-electron chi connectivity index (χ0n) is 15.0. The predicted octanol–water partition coefficient (Wildman–Crippen LogP) is 2.35. The van der Waals surface area contributed by atoms with Gasteiger partial charge in [0.2, 0.25) is 0 Å². The molecule has 1 aliphatic rings. The van der Waals surface area contributed by atoms with E-state index in [0.717, 1.165) is 23.9 Å². The van der Waals surface area contributed by atoms with Gasteiger partial charge in [-0.3, -0.25) is 0 Å². The number of urea groups is 1. The minimum absolute atomic E-state index is 0.0300. The fourth-order valence-corrected chi connectivity index (χ4v) is 3.64. The van der Waals surface area contributed by atoms with Crippen LogP contribution in [0.2, 0.25) is 0 Å². The largest absolute Gasteiger partial charge is 0.353 e. The molecule has 0 aromatic carbocycles. The summed E-state index contributed by atoms with van der Waals surface area (Å²) < 4.78 is 0. The normalized spacial score (nSPS) is 15.4. The van der Waals surface area contributed by atoms with Gasteiger partial charge in [0.05, 0.1) is 10.6 Å². The van der Waals surface area contributed by atoms with E-state index in [-0.39, 0.29) is 11.9 Å². The van der Waals surface area contributed by atoms with Crippen LogP contribution in [0.5, 0.6) is 0 Å². The molecule has 0 spiro atoms. The summed E-state index contributed by atoms with van der Waals surface area (Å²) in [5, 5.41) is 12.9. The van der Waals surface area contributed by atoms with E-state index in [9.17, 15) is 4.79 Å². The summed E-state index contributed by atoms with van der Waals surface area (Å²) >= 11 is 1.67. The monoisotopic (exact) mass is 370 g/mol. The Kier molecular flexibility index (Phi) is 5.68. The molecule has 2 aromatic rings. The molecule has 7 nitrogen and oxygen atoms in total. The van der Waals surface area contributed by atoms with Crippen molar-refractivity contribution in [1.82, 2.24) is 20.2 Å². The Morgan fingerprint density at radius 1 is 1.31 bits per heavy atom. The number of anilines is 1. The van der Waals surface area contributed by atoms with Crippen LogP contribution in [0.25, 0.3) is 0 Å². The first kappa shape index (κ1) is 18.1. The number of piperazine rings is 1. The summed E-state index contributed by atoms with van der Waals surface area (Å²) in [6.07, 6.45) is 3.45. The zero-order chi connectivity index (χ0) is 18.5. The smallest absolute Gasteiger partial charge is 0.317 e. The highest BCUT2D eigenvalue weighted by Crippen LogP contribution is 2.20. The van der Waals surface area contributed by atoms with Crippen LogP contribution in [0.1, 0.15) is 28.3 Å². The highest BCUT2D eigenvalue weighted by atomic mass is 32.1. The topological polar surface area (TPSA) is 85.2 Å². The van der Waals surface area contributed by atoms with Crippen LogP contribution in [0.15, 0.2) is 24.5 Å². The van der Waals surface area contributed by atoms with Crippen LogP contribution >= 0.6 is 11.3 Å². The molecule has 2 amide bonds. The second-order valence-corrected chi connectivity index (χ2v) is 7.65. The maximum Gasteiger partial charge on any atom is 0.317 e. The molecule has 0 radical (unpaired) electrons. The average Bonchev–Trinajstić information content (AvgIpc) is 3.12. The van der Waals surface area contributed by atoms with Crippen molar-refractivity contribution in [3.63, 3.8) is 0 Å². The van der Waals surface area contributed by atoms with E-state index in [1.54, 1.807) is 23.6 Å². The number of nitrogens with zero attached hydrogens (tertiary/aromatic N) is 5. The number of thiazole rings is 1. The van der Waals surface area contributed by atoms with E-state index in [0.29, 0.717) is 25.2 Å². The molecule has 26 heavy (non-hydrogen) atoms. The van der Waals surface area contributed by atoms with Crippen LogP contribution in [-0.4, -0.2) is 53.6 Å². The number of rotatable bonds is 4. The van der Waals surface area contributed by atoms with Crippen molar-refractivity contribution in [3.05, 3.63) is 40.0 Å². The first-order valence-corrected chi connectivity index (χ1v) is 9.44. The van der Waals surface area contributed by atoms with Gasteiger partial charge in [-0.05, 0) is 19.1 Å². The summed E-state index contributed by atoms with van der Waals surface area (Å²) in [5.74, 6) is 1.05. The van der Waals surface area contributed by atoms with Gasteiger partial charge in [-0.2, -0.15) is 5.26 Å². The molecule has 0 saturated carbocycles. The molecule has 0 aliphatic carbocycles. The standard InChI is InChI=1S/C18H22N6OS/c1-13(17-21-11-14(2)26-17)10-22-18(25)24-7-5-23(6-8-24)16-4-3-15(9-19)12-20-16/h3-4,11-13H,5-8,10H2,1-2H3,(H,22,25). The lowest BCUT2D eigenvalue weighted by atomic mass is 10.2. The number of hydrogen-bond acceptors (Lipinski definition) is 6. The Balaban J connectivity index is 1.46. The number of carbonyl (C=O) groups is 1. The minimum atomic E-state index is -0.0300. The summed E-state index contributed by atoms with van der Waals surface area (Å²) in [7, 11) is 0. The average molecular weight is 370 g/mol. The van der Waals surface area contributed by atoms with Crippen molar-refractivity contribution in [1.29, 1.82) is 5.26 Å². The molecular weight excluding hydrogens is 348 g/mol. The fraction of sp³-hybridized carbons (Fsp3) is 0.444. The van der Waals surface area contributed by atoms with E-state index in [1.165, 1.54) is 4.88 Å². The molecule has 1 unspecified atom stereocenters. The van der Waals surface area contributed by atoms with Gasteiger partial charge in [0.25, 0.3) is 0 Å². The maximum atomic E-state index is 12.4. The van der Waals surface area contributed by atoms with E-state index in [2.05, 4.69) is 33.2 Å². The van der Waals surface area contributed by atoms with Gasteiger partial charge in [0.15, 0.2) is 0 Å². The maximum absolute atomic E-state index is 12.4. The van der Waals surface area contributed by atoms with Crippen molar-refractivity contribution in [2.24, 2.45) is 0 Å². The molecule has 3 rings (SSSR count). The Morgan fingerprint density at radius 2 is 2.08 bits per heavy atom. The SMILES string of the molecule is Cc1cnc(C(C)CNC(=O)N2CCN(c3ccc(C#N)cn3)CC2)s1. The molecule has 0 bridgehead atoms. The van der Waals surface area contributed by atoms with Crippen molar-refractivity contribution in [2.75, 3.05) is 37.6 Å². The number of nitriles is 1. The van der Waals surface area contributed by atoms with Gasteiger partial charge in [-0.25, -0.2) is 14.8 Å². The van der Waals surface area contributed by atoms with Gasteiger partial charge in [-0.15, -0.1) is 11.3 Å². The Morgan fingerprint density at radius 3 is 2.65 bits per heavy atom.